The Morgan fingerprint density at radius 3 is 1.62 bits per heavy atom. The van der Waals surface area contributed by atoms with Crippen molar-refractivity contribution in [3.63, 3.8) is 0 Å². The molecule has 0 unspecified atom stereocenters. The maximum atomic E-state index is 10.2. The molecule has 0 saturated carbocycles. The van der Waals surface area contributed by atoms with E-state index in [1.165, 1.54) is 0 Å². The molecule has 0 aliphatic carbocycles. The Kier molecular flexibility index (Phi) is 12.9. The van der Waals surface area contributed by atoms with Gasteiger partial charge in [0.2, 0.25) is 0 Å². The normalized spacial score (nSPS) is 7.54. The third kappa shape index (κ3) is 11.3. The number of rotatable bonds is 2. The fourth-order valence-electron chi connectivity index (χ4n) is 0.563. The highest BCUT2D eigenvalue weighted by atomic mass is 79.9. The first-order valence-electron chi connectivity index (χ1n) is 4.18. The fourth-order valence-corrected chi connectivity index (χ4v) is 0.563. The van der Waals surface area contributed by atoms with Gasteiger partial charge in [0.05, 0.1) is 0 Å². The molecule has 0 aliphatic rings. The number of nitrogens with zero attached hydrogens (tertiary/aromatic N) is 1. The molecule has 2 nitrogen and oxygen atoms in total. The van der Waals surface area contributed by atoms with Gasteiger partial charge in [-0.2, -0.15) is 0 Å². The Morgan fingerprint density at radius 2 is 1.54 bits per heavy atom. The van der Waals surface area contributed by atoms with Crippen LogP contribution in [0.25, 0.3) is 0 Å². The molecule has 0 spiro atoms. The lowest BCUT2D eigenvalue weighted by Crippen LogP contribution is -1.88. The van der Waals surface area contributed by atoms with E-state index in [1.807, 2.05) is 32.0 Å². The molecule has 0 N–H and O–H groups in total. The molecule has 0 bridgehead atoms. The SMILES string of the molecule is Br.CCC(=O)CC.c1ccncc1. The van der Waals surface area contributed by atoms with E-state index in [2.05, 4.69) is 4.98 Å². The van der Waals surface area contributed by atoms with Gasteiger partial charge in [0, 0.05) is 25.2 Å². The fraction of sp³-hybridized carbons (Fsp3) is 0.400. The van der Waals surface area contributed by atoms with Crippen molar-refractivity contribution in [2.24, 2.45) is 0 Å². The summed E-state index contributed by atoms with van der Waals surface area (Å²) in [7, 11) is 0. The maximum absolute atomic E-state index is 10.2. The molecule has 0 aromatic carbocycles. The second-order valence-corrected chi connectivity index (χ2v) is 2.27. The standard InChI is InChI=1S/C5H5N.C5H10O.BrH/c1-2-4-6-5-3-1;1-3-5(6)4-2;/h1-5H;3-4H2,1-2H3;1H. The largest absolute Gasteiger partial charge is 0.300 e. The third-order valence-corrected chi connectivity index (χ3v) is 1.36. The Hall–Kier alpha value is -0.700. The van der Waals surface area contributed by atoms with Gasteiger partial charge in [0.1, 0.15) is 5.78 Å². The summed E-state index contributed by atoms with van der Waals surface area (Å²) in [5.41, 5.74) is 0. The molecular weight excluding hydrogens is 230 g/mol. The van der Waals surface area contributed by atoms with Gasteiger partial charge in [-0.05, 0) is 12.1 Å². The molecule has 74 valence electrons. The molecule has 0 aliphatic heterocycles. The maximum Gasteiger partial charge on any atom is 0.132 e. The van der Waals surface area contributed by atoms with E-state index < -0.39 is 0 Å². The van der Waals surface area contributed by atoms with Crippen molar-refractivity contribution >= 4 is 22.8 Å². The number of hydrogen-bond donors (Lipinski definition) is 0. The van der Waals surface area contributed by atoms with E-state index in [0.29, 0.717) is 18.6 Å². The van der Waals surface area contributed by atoms with Crippen LogP contribution in [0.3, 0.4) is 0 Å². The zero-order chi connectivity index (χ0) is 9.23. The van der Waals surface area contributed by atoms with Crippen molar-refractivity contribution in [1.82, 2.24) is 4.98 Å². The number of pyridine rings is 1. The van der Waals surface area contributed by atoms with Gasteiger partial charge in [0.25, 0.3) is 0 Å². The van der Waals surface area contributed by atoms with Gasteiger partial charge < -0.3 is 0 Å². The first-order valence-corrected chi connectivity index (χ1v) is 4.18. The van der Waals surface area contributed by atoms with Crippen LogP contribution in [0, 0.1) is 0 Å². The molecule has 1 aromatic heterocycles. The lowest BCUT2D eigenvalue weighted by molar-refractivity contribution is -0.118. The van der Waals surface area contributed by atoms with E-state index in [-0.39, 0.29) is 17.0 Å². The Balaban J connectivity index is 0. The summed E-state index contributed by atoms with van der Waals surface area (Å²) in [6, 6.07) is 5.72. The van der Waals surface area contributed by atoms with E-state index in [4.69, 9.17) is 0 Å². The average Bonchev–Trinajstić information content (AvgIpc) is 2.20. The molecule has 1 rings (SSSR count). The summed E-state index contributed by atoms with van der Waals surface area (Å²) < 4.78 is 0. The molecule has 3 heteroatoms. The van der Waals surface area contributed by atoms with Gasteiger partial charge >= 0.3 is 0 Å². The molecular formula is C10H16BrNO. The van der Waals surface area contributed by atoms with E-state index in [9.17, 15) is 4.79 Å². The van der Waals surface area contributed by atoms with Crippen LogP contribution in [0.4, 0.5) is 0 Å². The highest BCUT2D eigenvalue weighted by Gasteiger charge is 1.86. The molecule has 0 atom stereocenters. The molecule has 13 heavy (non-hydrogen) atoms. The summed E-state index contributed by atoms with van der Waals surface area (Å²) in [6.07, 6.45) is 4.88. The highest BCUT2D eigenvalue weighted by Crippen LogP contribution is 1.83. The van der Waals surface area contributed by atoms with Crippen molar-refractivity contribution in [3.8, 4) is 0 Å². The first kappa shape index (κ1) is 14.8. The van der Waals surface area contributed by atoms with Crippen LogP contribution in [-0.4, -0.2) is 10.8 Å². The smallest absolute Gasteiger partial charge is 0.132 e. The molecule has 0 amide bonds. The van der Waals surface area contributed by atoms with Gasteiger partial charge in [-0.3, -0.25) is 9.78 Å². The number of halogens is 1. The van der Waals surface area contributed by atoms with E-state index >= 15 is 0 Å². The second-order valence-electron chi connectivity index (χ2n) is 2.27. The Morgan fingerprint density at radius 1 is 1.08 bits per heavy atom. The summed E-state index contributed by atoms with van der Waals surface area (Å²) in [5.74, 6) is 0.343. The lowest BCUT2D eigenvalue weighted by atomic mass is 10.3. The number of carbonyl (C=O) groups is 1. The summed E-state index contributed by atoms with van der Waals surface area (Å²) >= 11 is 0. The molecule has 1 heterocycles. The topological polar surface area (TPSA) is 30.0 Å². The zero-order valence-electron chi connectivity index (χ0n) is 8.06. The van der Waals surface area contributed by atoms with E-state index in [1.54, 1.807) is 12.4 Å². The van der Waals surface area contributed by atoms with Crippen LogP contribution in [0.15, 0.2) is 30.6 Å². The predicted molar refractivity (Wildman–Crippen MR) is 60.1 cm³/mol. The number of hydrogen-bond acceptors (Lipinski definition) is 2. The van der Waals surface area contributed by atoms with Gasteiger partial charge in [0.15, 0.2) is 0 Å². The quantitative estimate of drug-likeness (QED) is 0.802. The minimum atomic E-state index is 0. The highest BCUT2D eigenvalue weighted by molar-refractivity contribution is 8.93. The molecule has 1 aromatic rings. The summed E-state index contributed by atoms with van der Waals surface area (Å²) in [4.78, 5) is 14.0. The van der Waals surface area contributed by atoms with Crippen molar-refractivity contribution in [3.05, 3.63) is 30.6 Å². The molecule has 0 saturated heterocycles. The van der Waals surface area contributed by atoms with Gasteiger partial charge in [-0.1, -0.05) is 19.9 Å². The molecule has 0 fully saturated rings. The van der Waals surface area contributed by atoms with Crippen molar-refractivity contribution in [1.29, 1.82) is 0 Å². The number of Topliss-reactive ketones (excluding diaryl/α,β-unsaturated/α-hetero) is 1. The molecule has 0 radical (unpaired) electrons. The third-order valence-electron chi connectivity index (χ3n) is 1.36. The van der Waals surface area contributed by atoms with Crippen LogP contribution >= 0.6 is 17.0 Å². The zero-order valence-corrected chi connectivity index (χ0v) is 9.78. The summed E-state index contributed by atoms with van der Waals surface area (Å²) in [6.45, 7) is 3.76. The Bertz CT molecular complexity index is 169. The predicted octanol–water partition coefficient (Wildman–Crippen LogP) is 3.04. The van der Waals surface area contributed by atoms with E-state index in [0.717, 1.165) is 0 Å². The Labute approximate surface area is 90.2 Å². The van der Waals surface area contributed by atoms with Crippen molar-refractivity contribution < 1.29 is 4.79 Å². The van der Waals surface area contributed by atoms with Crippen LogP contribution in [0.1, 0.15) is 26.7 Å². The van der Waals surface area contributed by atoms with Crippen LogP contribution in [-0.2, 0) is 4.79 Å². The lowest BCUT2D eigenvalue weighted by Gasteiger charge is -1.81. The monoisotopic (exact) mass is 245 g/mol. The minimum absolute atomic E-state index is 0. The second kappa shape index (κ2) is 11.3. The van der Waals surface area contributed by atoms with Crippen molar-refractivity contribution in [2.45, 2.75) is 26.7 Å². The van der Waals surface area contributed by atoms with Crippen molar-refractivity contribution in [2.75, 3.05) is 0 Å². The van der Waals surface area contributed by atoms with Gasteiger partial charge in [-0.25, -0.2) is 0 Å². The number of carbonyl (C=O) groups excluding carboxylic acids is 1. The first-order chi connectivity index (χ1) is 5.81. The van der Waals surface area contributed by atoms with Gasteiger partial charge in [-0.15, -0.1) is 17.0 Å². The van der Waals surface area contributed by atoms with Crippen LogP contribution in [0.5, 0.6) is 0 Å². The minimum Gasteiger partial charge on any atom is -0.300 e. The number of aromatic nitrogens is 1. The summed E-state index contributed by atoms with van der Waals surface area (Å²) in [5, 5.41) is 0. The average molecular weight is 246 g/mol. The number of ketones is 1. The van der Waals surface area contributed by atoms with Crippen LogP contribution < -0.4 is 0 Å². The van der Waals surface area contributed by atoms with Crippen LogP contribution in [0.2, 0.25) is 0 Å².